The molecule has 0 aromatic heterocycles. The zero-order valence-corrected chi connectivity index (χ0v) is 9.68. The van der Waals surface area contributed by atoms with E-state index in [1.165, 1.54) is 0 Å². The lowest BCUT2D eigenvalue weighted by Gasteiger charge is -2.25. The number of ether oxygens (including phenoxy) is 1. The minimum absolute atomic E-state index is 0.00245. The Morgan fingerprint density at radius 3 is 2.81 bits per heavy atom. The number of rotatable bonds is 6. The van der Waals surface area contributed by atoms with Crippen LogP contribution in [0.1, 0.15) is 6.42 Å². The van der Waals surface area contributed by atoms with Crippen LogP contribution in [-0.2, 0) is 14.3 Å². The number of hydrogen-bond acceptors (Lipinski definition) is 4. The van der Waals surface area contributed by atoms with Gasteiger partial charge < -0.3 is 14.7 Å². The SMILES string of the molecule is COCCN(CC(=O)O)C1CCN(C)C1=O. The van der Waals surface area contributed by atoms with E-state index in [0.29, 0.717) is 26.1 Å². The molecule has 0 spiro atoms. The second-order valence-corrected chi connectivity index (χ2v) is 3.92. The van der Waals surface area contributed by atoms with Gasteiger partial charge in [0.2, 0.25) is 5.91 Å². The van der Waals surface area contributed by atoms with E-state index in [9.17, 15) is 9.59 Å². The molecule has 1 amide bonds. The Balaban J connectivity index is 2.60. The molecule has 6 heteroatoms. The van der Waals surface area contributed by atoms with Gasteiger partial charge in [-0.2, -0.15) is 0 Å². The molecule has 0 bridgehead atoms. The molecule has 1 N–H and O–H groups in total. The average Bonchev–Trinajstić information content (AvgIpc) is 2.54. The number of likely N-dealkylation sites (N-methyl/N-ethyl adjacent to an activating group) is 1. The fraction of sp³-hybridized carbons (Fsp3) is 0.800. The van der Waals surface area contributed by atoms with Crippen LogP contribution in [0.15, 0.2) is 0 Å². The van der Waals surface area contributed by atoms with Crippen LogP contribution in [0.5, 0.6) is 0 Å². The maximum absolute atomic E-state index is 11.7. The first-order chi connectivity index (χ1) is 7.56. The Labute approximate surface area is 94.8 Å². The third-order valence-corrected chi connectivity index (χ3v) is 2.76. The lowest BCUT2D eigenvalue weighted by molar-refractivity contribution is -0.140. The van der Waals surface area contributed by atoms with Crippen molar-refractivity contribution in [3.8, 4) is 0 Å². The van der Waals surface area contributed by atoms with Gasteiger partial charge in [0.1, 0.15) is 0 Å². The number of amides is 1. The smallest absolute Gasteiger partial charge is 0.317 e. The van der Waals surface area contributed by atoms with Gasteiger partial charge in [-0.1, -0.05) is 0 Å². The first-order valence-electron chi connectivity index (χ1n) is 5.26. The highest BCUT2D eigenvalue weighted by Crippen LogP contribution is 2.15. The Morgan fingerprint density at radius 2 is 2.38 bits per heavy atom. The lowest BCUT2D eigenvalue weighted by atomic mass is 10.2. The van der Waals surface area contributed by atoms with Crippen molar-refractivity contribution in [1.82, 2.24) is 9.80 Å². The normalized spacial score (nSPS) is 20.8. The molecule has 1 rings (SSSR count). The first-order valence-corrected chi connectivity index (χ1v) is 5.26. The predicted molar refractivity (Wildman–Crippen MR) is 57.1 cm³/mol. The highest BCUT2D eigenvalue weighted by molar-refractivity contribution is 5.84. The van der Waals surface area contributed by atoms with Crippen LogP contribution in [0.4, 0.5) is 0 Å². The predicted octanol–water partition coefficient (Wildman–Crippen LogP) is -0.750. The highest BCUT2D eigenvalue weighted by Gasteiger charge is 2.34. The van der Waals surface area contributed by atoms with Crippen molar-refractivity contribution in [2.24, 2.45) is 0 Å². The van der Waals surface area contributed by atoms with Gasteiger partial charge in [-0.25, -0.2) is 0 Å². The van der Waals surface area contributed by atoms with Crippen molar-refractivity contribution in [2.45, 2.75) is 12.5 Å². The van der Waals surface area contributed by atoms with Gasteiger partial charge in [-0.05, 0) is 6.42 Å². The Morgan fingerprint density at radius 1 is 1.69 bits per heavy atom. The molecule has 0 aliphatic carbocycles. The number of carbonyl (C=O) groups is 2. The van der Waals surface area contributed by atoms with Crippen LogP contribution in [-0.4, -0.2) is 73.2 Å². The maximum Gasteiger partial charge on any atom is 0.317 e. The molecule has 0 aromatic carbocycles. The van der Waals surface area contributed by atoms with Crippen molar-refractivity contribution < 1.29 is 19.4 Å². The van der Waals surface area contributed by atoms with Gasteiger partial charge >= 0.3 is 5.97 Å². The minimum Gasteiger partial charge on any atom is -0.480 e. The Bertz CT molecular complexity index is 270. The van der Waals surface area contributed by atoms with Crippen LogP contribution < -0.4 is 0 Å². The number of nitrogens with zero attached hydrogens (tertiary/aromatic N) is 2. The number of aliphatic carboxylic acids is 1. The quantitative estimate of drug-likeness (QED) is 0.650. The largest absolute Gasteiger partial charge is 0.480 e. The molecular weight excluding hydrogens is 212 g/mol. The molecule has 1 unspecified atom stereocenters. The lowest BCUT2D eigenvalue weighted by Crippen LogP contribution is -2.45. The van der Waals surface area contributed by atoms with Gasteiger partial charge in [0.15, 0.2) is 0 Å². The second-order valence-electron chi connectivity index (χ2n) is 3.92. The summed E-state index contributed by atoms with van der Waals surface area (Å²) in [5.41, 5.74) is 0. The summed E-state index contributed by atoms with van der Waals surface area (Å²) >= 11 is 0. The van der Waals surface area contributed by atoms with E-state index < -0.39 is 5.97 Å². The van der Waals surface area contributed by atoms with Crippen molar-refractivity contribution in [3.63, 3.8) is 0 Å². The minimum atomic E-state index is -0.918. The average molecular weight is 230 g/mol. The summed E-state index contributed by atoms with van der Waals surface area (Å²) in [4.78, 5) is 25.7. The van der Waals surface area contributed by atoms with E-state index in [1.807, 2.05) is 0 Å². The molecule has 6 nitrogen and oxygen atoms in total. The summed E-state index contributed by atoms with van der Waals surface area (Å²) in [6, 6.07) is -0.309. The number of hydrogen-bond donors (Lipinski definition) is 1. The molecule has 92 valence electrons. The zero-order valence-electron chi connectivity index (χ0n) is 9.68. The van der Waals surface area contributed by atoms with Crippen molar-refractivity contribution in [3.05, 3.63) is 0 Å². The van der Waals surface area contributed by atoms with Crippen LogP contribution in [0, 0.1) is 0 Å². The third kappa shape index (κ3) is 3.18. The molecule has 1 atom stereocenters. The monoisotopic (exact) mass is 230 g/mol. The van der Waals surface area contributed by atoms with Gasteiger partial charge in [0.25, 0.3) is 0 Å². The molecule has 1 fully saturated rings. The third-order valence-electron chi connectivity index (χ3n) is 2.76. The first kappa shape index (κ1) is 12.9. The Kier molecular flexibility index (Phi) is 4.70. The van der Waals surface area contributed by atoms with Gasteiger partial charge in [-0.15, -0.1) is 0 Å². The zero-order chi connectivity index (χ0) is 12.1. The molecule has 1 aliphatic heterocycles. The molecular formula is C10H18N2O4. The number of carboxylic acids is 1. The van der Waals surface area contributed by atoms with Crippen molar-refractivity contribution >= 4 is 11.9 Å². The van der Waals surface area contributed by atoms with Crippen LogP contribution in [0.25, 0.3) is 0 Å². The fourth-order valence-electron chi connectivity index (χ4n) is 1.87. The van der Waals surface area contributed by atoms with Gasteiger partial charge in [0.05, 0.1) is 19.2 Å². The topological polar surface area (TPSA) is 70.1 Å². The van der Waals surface area contributed by atoms with E-state index in [2.05, 4.69) is 0 Å². The van der Waals surface area contributed by atoms with Gasteiger partial charge in [0, 0.05) is 27.2 Å². The standard InChI is InChI=1S/C10H18N2O4/c1-11-4-3-8(10(11)15)12(5-6-16-2)7-9(13)14/h8H,3-7H2,1-2H3,(H,13,14). The second kappa shape index (κ2) is 5.81. The number of likely N-dealkylation sites (tertiary alicyclic amines) is 1. The summed E-state index contributed by atoms with van der Waals surface area (Å²) < 4.78 is 4.92. The molecule has 1 heterocycles. The molecule has 0 saturated carbocycles. The number of methoxy groups -OCH3 is 1. The summed E-state index contributed by atoms with van der Waals surface area (Å²) in [5, 5.41) is 8.79. The van der Waals surface area contributed by atoms with Gasteiger partial charge in [-0.3, -0.25) is 14.5 Å². The van der Waals surface area contributed by atoms with E-state index in [-0.39, 0.29) is 18.5 Å². The highest BCUT2D eigenvalue weighted by atomic mass is 16.5. The van der Waals surface area contributed by atoms with E-state index in [1.54, 1.807) is 24.0 Å². The number of carbonyl (C=O) groups excluding carboxylic acids is 1. The molecule has 16 heavy (non-hydrogen) atoms. The van der Waals surface area contributed by atoms with E-state index in [0.717, 1.165) is 0 Å². The van der Waals surface area contributed by atoms with Crippen LogP contribution in [0.3, 0.4) is 0 Å². The number of carboxylic acid groups (broad SMARTS) is 1. The Hall–Kier alpha value is -1.14. The fourth-order valence-corrected chi connectivity index (χ4v) is 1.87. The summed E-state index contributed by atoms with van der Waals surface area (Å²) in [6.07, 6.45) is 0.687. The summed E-state index contributed by atoms with van der Waals surface area (Å²) in [6.45, 7) is 1.47. The summed E-state index contributed by atoms with van der Waals surface area (Å²) in [5.74, 6) is -0.921. The van der Waals surface area contributed by atoms with Crippen molar-refractivity contribution in [1.29, 1.82) is 0 Å². The summed E-state index contributed by atoms with van der Waals surface area (Å²) in [7, 11) is 3.29. The van der Waals surface area contributed by atoms with Crippen molar-refractivity contribution in [2.75, 3.05) is 40.4 Å². The van der Waals surface area contributed by atoms with Crippen LogP contribution >= 0.6 is 0 Å². The molecule has 1 aliphatic rings. The van der Waals surface area contributed by atoms with Crippen LogP contribution in [0.2, 0.25) is 0 Å². The maximum atomic E-state index is 11.7. The van der Waals surface area contributed by atoms with E-state index in [4.69, 9.17) is 9.84 Å². The van der Waals surface area contributed by atoms with E-state index >= 15 is 0 Å². The molecule has 0 aromatic rings. The molecule has 1 saturated heterocycles. The molecule has 0 radical (unpaired) electrons.